The third kappa shape index (κ3) is 18.0. The molecule has 0 spiro atoms. The quantitative estimate of drug-likeness (QED) is 0.236. The molecule has 1 N–H and O–H groups in total. The van der Waals surface area contributed by atoms with Gasteiger partial charge in [-0.15, -0.1) is 0 Å². The Hall–Kier alpha value is 0.870. The maximum Gasteiger partial charge on any atom is 1.00 e. The summed E-state index contributed by atoms with van der Waals surface area (Å²) in [5.41, 5.74) is 0. The molecule has 146 valence electrons. The molecule has 0 fully saturated rings. The van der Waals surface area contributed by atoms with Gasteiger partial charge in [-0.2, -0.15) is 0 Å². The van der Waals surface area contributed by atoms with E-state index in [-0.39, 0.29) is 35.7 Å². The largest absolute Gasteiger partial charge is 1.00 e. The SMILES string of the molecule is CCCCCCC(CCCCCCC(O)CCCCC)S(=O)(=O)[O-].[Na+]. The molecule has 0 aliphatic carbocycles. The molecule has 2 unspecified atom stereocenters. The minimum Gasteiger partial charge on any atom is -0.748 e. The van der Waals surface area contributed by atoms with E-state index in [2.05, 4.69) is 13.8 Å². The Balaban J connectivity index is 0. The van der Waals surface area contributed by atoms with Crippen LogP contribution in [0.2, 0.25) is 0 Å². The number of aliphatic hydroxyl groups excluding tert-OH is 1. The zero-order valence-corrected chi connectivity index (χ0v) is 19.7. The van der Waals surface area contributed by atoms with Crippen molar-refractivity contribution in [2.45, 2.75) is 122 Å². The summed E-state index contributed by atoms with van der Waals surface area (Å²) >= 11 is 0. The zero-order valence-electron chi connectivity index (χ0n) is 16.8. The Bertz CT molecular complexity index is 374. The van der Waals surface area contributed by atoms with Crippen molar-refractivity contribution >= 4 is 10.1 Å². The summed E-state index contributed by atoms with van der Waals surface area (Å²) < 4.78 is 34.0. The van der Waals surface area contributed by atoms with Crippen LogP contribution >= 0.6 is 0 Å². The summed E-state index contributed by atoms with van der Waals surface area (Å²) in [6.07, 6.45) is 13.8. The first kappa shape index (κ1) is 28.1. The van der Waals surface area contributed by atoms with Crippen molar-refractivity contribution in [3.05, 3.63) is 0 Å². The number of aliphatic hydroxyl groups is 1. The number of rotatable bonds is 17. The smallest absolute Gasteiger partial charge is 0.748 e. The summed E-state index contributed by atoms with van der Waals surface area (Å²) in [5.74, 6) is 0. The van der Waals surface area contributed by atoms with Crippen molar-refractivity contribution in [3.8, 4) is 0 Å². The second-order valence-electron chi connectivity index (χ2n) is 7.11. The van der Waals surface area contributed by atoms with E-state index in [1.807, 2.05) is 0 Å². The molecule has 0 saturated carbocycles. The van der Waals surface area contributed by atoms with Crippen LogP contribution in [0.5, 0.6) is 0 Å². The van der Waals surface area contributed by atoms with Crippen LogP contribution in [0.3, 0.4) is 0 Å². The van der Waals surface area contributed by atoms with Gasteiger partial charge in [-0.1, -0.05) is 84.5 Å². The van der Waals surface area contributed by atoms with Gasteiger partial charge in [0.15, 0.2) is 0 Å². The van der Waals surface area contributed by atoms with E-state index >= 15 is 0 Å². The van der Waals surface area contributed by atoms with Crippen molar-refractivity contribution in [3.63, 3.8) is 0 Å². The van der Waals surface area contributed by atoms with E-state index in [9.17, 15) is 18.1 Å². The van der Waals surface area contributed by atoms with Crippen LogP contribution in [-0.2, 0) is 10.1 Å². The van der Waals surface area contributed by atoms with Gasteiger partial charge in [0.2, 0.25) is 0 Å². The predicted octanol–water partition coefficient (Wildman–Crippen LogP) is 2.16. The molecule has 0 heterocycles. The fourth-order valence-electron chi connectivity index (χ4n) is 3.11. The molecule has 25 heavy (non-hydrogen) atoms. The molecule has 0 aromatic heterocycles. The summed E-state index contributed by atoms with van der Waals surface area (Å²) in [4.78, 5) is 0. The monoisotopic (exact) mass is 386 g/mol. The first-order valence-corrected chi connectivity index (χ1v) is 11.5. The van der Waals surface area contributed by atoms with E-state index in [1.54, 1.807) is 0 Å². The van der Waals surface area contributed by atoms with Crippen molar-refractivity contribution in [1.29, 1.82) is 0 Å². The molecule has 6 heteroatoms. The van der Waals surface area contributed by atoms with Crippen LogP contribution in [-0.4, -0.2) is 29.4 Å². The third-order valence-corrected chi connectivity index (χ3v) is 6.03. The molecule has 0 rings (SSSR count). The van der Waals surface area contributed by atoms with E-state index in [0.717, 1.165) is 70.6 Å². The fraction of sp³-hybridized carbons (Fsp3) is 1.00. The molecular formula is C19H39NaO4S. The van der Waals surface area contributed by atoms with Gasteiger partial charge in [-0.3, -0.25) is 0 Å². The number of hydrogen-bond acceptors (Lipinski definition) is 4. The standard InChI is InChI=1S/C19H40O4S.Na/c1-3-5-7-12-16-19(24(21,22)23)17-13-9-8-11-15-18(20)14-10-6-4-2;/h18-20H,3-17H2,1-2H3,(H,21,22,23);/q;+1/p-1. The van der Waals surface area contributed by atoms with E-state index < -0.39 is 15.4 Å². The van der Waals surface area contributed by atoms with Gasteiger partial charge in [-0.05, 0) is 25.7 Å². The Morgan fingerprint density at radius 1 is 0.720 bits per heavy atom. The van der Waals surface area contributed by atoms with Crippen LogP contribution in [0.1, 0.15) is 110 Å². The Morgan fingerprint density at radius 2 is 1.08 bits per heavy atom. The average Bonchev–Trinajstić information content (AvgIpc) is 2.51. The summed E-state index contributed by atoms with van der Waals surface area (Å²) in [5, 5.41) is 9.15. The van der Waals surface area contributed by atoms with Gasteiger partial charge >= 0.3 is 29.6 Å². The van der Waals surface area contributed by atoms with Crippen molar-refractivity contribution in [2.75, 3.05) is 0 Å². The van der Waals surface area contributed by atoms with Crippen LogP contribution in [0.15, 0.2) is 0 Å². The second kappa shape index (κ2) is 18.2. The van der Waals surface area contributed by atoms with Crippen molar-refractivity contribution in [1.82, 2.24) is 0 Å². The molecule has 0 aromatic carbocycles. The summed E-state index contributed by atoms with van der Waals surface area (Å²) in [7, 11) is -4.16. The van der Waals surface area contributed by atoms with E-state index in [1.165, 1.54) is 12.8 Å². The molecule has 0 aliphatic heterocycles. The zero-order chi connectivity index (χ0) is 18.3. The fourth-order valence-corrected chi connectivity index (χ4v) is 4.02. The number of unbranched alkanes of at least 4 members (excludes halogenated alkanes) is 8. The third-order valence-electron chi connectivity index (χ3n) is 4.74. The predicted molar refractivity (Wildman–Crippen MR) is 100 cm³/mol. The van der Waals surface area contributed by atoms with Gasteiger partial charge in [-0.25, -0.2) is 8.42 Å². The molecule has 0 bridgehead atoms. The van der Waals surface area contributed by atoms with Gasteiger partial charge in [0.25, 0.3) is 0 Å². The number of hydrogen-bond donors (Lipinski definition) is 1. The minimum absolute atomic E-state index is 0. The van der Waals surface area contributed by atoms with Gasteiger partial charge < -0.3 is 9.66 Å². The van der Waals surface area contributed by atoms with Crippen LogP contribution in [0.4, 0.5) is 0 Å². The first-order valence-electron chi connectivity index (χ1n) is 10.0. The normalized spacial score (nSPS) is 14.1. The van der Waals surface area contributed by atoms with Crippen LogP contribution < -0.4 is 29.6 Å². The average molecular weight is 387 g/mol. The van der Waals surface area contributed by atoms with E-state index in [4.69, 9.17) is 0 Å². The van der Waals surface area contributed by atoms with Crippen LogP contribution in [0, 0.1) is 0 Å². The first-order chi connectivity index (χ1) is 11.4. The Kier molecular flexibility index (Phi) is 20.5. The molecule has 0 saturated heterocycles. The molecular weight excluding hydrogens is 347 g/mol. The van der Waals surface area contributed by atoms with Gasteiger partial charge in [0.1, 0.15) is 0 Å². The maximum atomic E-state index is 11.3. The van der Waals surface area contributed by atoms with Crippen molar-refractivity contribution < 1.29 is 47.6 Å². The molecule has 2 atom stereocenters. The Morgan fingerprint density at radius 3 is 1.52 bits per heavy atom. The van der Waals surface area contributed by atoms with Gasteiger partial charge in [0.05, 0.1) is 16.2 Å². The minimum atomic E-state index is -4.16. The Labute approximate surface area is 178 Å². The summed E-state index contributed by atoms with van der Waals surface area (Å²) in [6, 6.07) is 0. The summed E-state index contributed by atoms with van der Waals surface area (Å²) in [6.45, 7) is 4.27. The molecule has 0 amide bonds. The van der Waals surface area contributed by atoms with Gasteiger partial charge in [0, 0.05) is 5.25 Å². The van der Waals surface area contributed by atoms with Crippen molar-refractivity contribution in [2.24, 2.45) is 0 Å². The van der Waals surface area contributed by atoms with Crippen LogP contribution in [0.25, 0.3) is 0 Å². The van der Waals surface area contributed by atoms with E-state index in [0.29, 0.717) is 12.8 Å². The topological polar surface area (TPSA) is 77.4 Å². The maximum absolute atomic E-state index is 11.3. The second-order valence-corrected chi connectivity index (χ2v) is 8.76. The molecule has 0 radical (unpaired) electrons. The molecule has 0 aromatic rings. The molecule has 0 aliphatic rings. The molecule has 4 nitrogen and oxygen atoms in total.